The molecule has 0 fully saturated rings. The monoisotopic (exact) mass is 592 g/mol. The highest BCUT2D eigenvalue weighted by Gasteiger charge is 2.25. The zero-order valence-electron chi connectivity index (χ0n) is 25.8. The maximum absolute atomic E-state index is 5.36. The summed E-state index contributed by atoms with van der Waals surface area (Å²) < 4.78 is 1.11. The average molecular weight is 594 g/mol. The Hall–Kier alpha value is -1.51. The number of hydrogen-bond donors (Lipinski definition) is 1. The van der Waals surface area contributed by atoms with E-state index in [4.69, 9.17) is 12.6 Å². The minimum absolute atomic E-state index is 0.416. The van der Waals surface area contributed by atoms with E-state index in [-0.39, 0.29) is 0 Å². The summed E-state index contributed by atoms with van der Waals surface area (Å²) in [6, 6.07) is 14.4. The molecule has 0 aliphatic heterocycles. The Balaban J connectivity index is 2.50. The van der Waals surface area contributed by atoms with Crippen LogP contribution in [0.2, 0.25) is 0 Å². The highest BCUT2D eigenvalue weighted by atomic mass is 79.9. The molecule has 0 spiro atoms. The van der Waals surface area contributed by atoms with Gasteiger partial charge in [-0.25, -0.2) is 0 Å². The van der Waals surface area contributed by atoms with Crippen LogP contribution >= 0.6 is 28.6 Å². The molecule has 0 aromatic heterocycles. The predicted molar refractivity (Wildman–Crippen MR) is 177 cm³/mol. The number of hydrogen-bond acceptors (Lipinski definition) is 1. The van der Waals surface area contributed by atoms with Crippen molar-refractivity contribution in [1.82, 2.24) is 0 Å². The maximum Gasteiger partial charge on any atom is 0.0199 e. The van der Waals surface area contributed by atoms with Crippen LogP contribution < -0.4 is 0 Å². The van der Waals surface area contributed by atoms with Crippen molar-refractivity contribution in [3.05, 3.63) is 74.3 Å². The molecule has 0 amide bonds. The van der Waals surface area contributed by atoms with Gasteiger partial charge in [0.2, 0.25) is 0 Å². The van der Waals surface area contributed by atoms with E-state index in [1.165, 1.54) is 55.6 Å². The van der Waals surface area contributed by atoms with E-state index >= 15 is 0 Å². The first kappa shape index (κ1) is 31.0. The first-order chi connectivity index (χ1) is 17.6. The molecule has 0 N–H and O–H groups in total. The lowest BCUT2D eigenvalue weighted by atomic mass is 9.79. The standard InChI is InChI=1S/C36H49BrS/c1-19(2)25-13-28(21(5)6)34(29(14-25)22(7)8)32-17-27(37)18-33(36(32)38)35-30(23(9)10)15-26(20(3)4)16-31(35)24(11)12/h13-24,38H,1-12H3. The van der Waals surface area contributed by atoms with Crippen molar-refractivity contribution in [2.75, 3.05) is 0 Å². The van der Waals surface area contributed by atoms with Gasteiger partial charge in [-0.1, -0.05) is 123 Å². The van der Waals surface area contributed by atoms with E-state index in [2.05, 4.69) is 135 Å². The molecule has 38 heavy (non-hydrogen) atoms. The Kier molecular flexibility index (Phi) is 10.1. The first-order valence-corrected chi connectivity index (χ1v) is 15.8. The van der Waals surface area contributed by atoms with Crippen LogP contribution in [0.5, 0.6) is 0 Å². The number of rotatable bonds is 8. The van der Waals surface area contributed by atoms with Gasteiger partial charge in [0.15, 0.2) is 0 Å². The van der Waals surface area contributed by atoms with Gasteiger partial charge in [-0.15, -0.1) is 12.6 Å². The van der Waals surface area contributed by atoms with E-state index in [0.717, 1.165) is 9.37 Å². The van der Waals surface area contributed by atoms with Crippen molar-refractivity contribution in [3.63, 3.8) is 0 Å². The molecule has 0 saturated heterocycles. The quantitative estimate of drug-likeness (QED) is 0.247. The molecule has 0 aliphatic carbocycles. The van der Waals surface area contributed by atoms with E-state index in [1.54, 1.807) is 0 Å². The van der Waals surface area contributed by atoms with Gasteiger partial charge in [0.05, 0.1) is 0 Å². The number of thiol groups is 1. The molecule has 206 valence electrons. The zero-order chi connectivity index (χ0) is 28.6. The van der Waals surface area contributed by atoms with E-state index in [1.807, 2.05) is 0 Å². The smallest absolute Gasteiger partial charge is 0.0199 e. The normalized spacial score (nSPS) is 12.3. The lowest BCUT2D eigenvalue weighted by Gasteiger charge is -2.27. The van der Waals surface area contributed by atoms with Crippen LogP contribution in [0.1, 0.15) is 152 Å². The lowest BCUT2D eigenvalue weighted by Crippen LogP contribution is -2.06. The van der Waals surface area contributed by atoms with Crippen LogP contribution in [0.4, 0.5) is 0 Å². The summed E-state index contributed by atoms with van der Waals surface area (Å²) in [4.78, 5) is 1.08. The summed E-state index contributed by atoms with van der Waals surface area (Å²) in [5.74, 6) is 2.65. The SMILES string of the molecule is CC(C)c1cc(C(C)C)c(-c2cc(Br)cc(-c3c(C(C)C)cc(C(C)C)cc3C(C)C)c2S)c(C(C)C)c1. The molecule has 3 rings (SSSR count). The van der Waals surface area contributed by atoms with Gasteiger partial charge in [0.1, 0.15) is 0 Å². The van der Waals surface area contributed by atoms with Gasteiger partial charge in [-0.05, 0) is 103 Å². The van der Waals surface area contributed by atoms with Gasteiger partial charge < -0.3 is 0 Å². The summed E-state index contributed by atoms with van der Waals surface area (Å²) >= 11 is 9.29. The van der Waals surface area contributed by atoms with Crippen molar-refractivity contribution < 1.29 is 0 Å². The molecule has 0 aliphatic rings. The topological polar surface area (TPSA) is 0 Å². The fraction of sp³-hybridized carbons (Fsp3) is 0.500. The van der Waals surface area contributed by atoms with Gasteiger partial charge in [0.25, 0.3) is 0 Å². The molecular formula is C36H49BrS. The van der Waals surface area contributed by atoms with Gasteiger partial charge in [-0.3, -0.25) is 0 Å². The summed E-state index contributed by atoms with van der Waals surface area (Å²) in [6.07, 6.45) is 0. The summed E-state index contributed by atoms with van der Waals surface area (Å²) in [6.45, 7) is 27.8. The molecule has 0 saturated carbocycles. The third kappa shape index (κ3) is 6.28. The Bertz CT molecular complexity index is 1140. The van der Waals surface area contributed by atoms with E-state index < -0.39 is 0 Å². The molecule has 0 nitrogen and oxygen atoms in total. The molecule has 3 aromatic carbocycles. The number of benzene rings is 3. The van der Waals surface area contributed by atoms with Crippen LogP contribution in [0.25, 0.3) is 22.3 Å². The second kappa shape index (κ2) is 12.3. The fourth-order valence-electron chi connectivity index (χ4n) is 5.51. The third-order valence-electron chi connectivity index (χ3n) is 7.88. The minimum Gasteiger partial charge on any atom is -0.142 e. The van der Waals surface area contributed by atoms with Crippen molar-refractivity contribution in [1.29, 1.82) is 0 Å². The van der Waals surface area contributed by atoms with Crippen molar-refractivity contribution in [2.24, 2.45) is 0 Å². The summed E-state index contributed by atoms with van der Waals surface area (Å²) in [7, 11) is 0. The predicted octanol–water partition coefficient (Wildman–Crippen LogP) is 12.8. The van der Waals surface area contributed by atoms with Gasteiger partial charge in [0, 0.05) is 9.37 Å². The fourth-order valence-corrected chi connectivity index (χ4v) is 6.32. The molecule has 0 heterocycles. The molecule has 2 heteroatoms. The highest BCUT2D eigenvalue weighted by molar-refractivity contribution is 9.10. The van der Waals surface area contributed by atoms with Crippen molar-refractivity contribution in [2.45, 2.75) is 123 Å². The molecule has 0 atom stereocenters. The van der Waals surface area contributed by atoms with Crippen molar-refractivity contribution in [3.8, 4) is 22.3 Å². The Morgan fingerprint density at radius 2 is 0.711 bits per heavy atom. The second-order valence-electron chi connectivity index (χ2n) is 12.9. The highest BCUT2D eigenvalue weighted by Crippen LogP contribution is 2.48. The first-order valence-electron chi connectivity index (χ1n) is 14.5. The van der Waals surface area contributed by atoms with E-state index in [0.29, 0.717) is 35.5 Å². The maximum atomic E-state index is 5.36. The molecule has 0 unspecified atom stereocenters. The molecule has 0 bridgehead atoms. The summed E-state index contributed by atoms with van der Waals surface area (Å²) in [5, 5.41) is 0. The second-order valence-corrected chi connectivity index (χ2v) is 14.3. The molecule has 3 aromatic rings. The van der Waals surface area contributed by atoms with Crippen molar-refractivity contribution >= 4 is 28.6 Å². The number of halogens is 1. The minimum atomic E-state index is 0.416. The lowest BCUT2D eigenvalue weighted by molar-refractivity contribution is 0.806. The Morgan fingerprint density at radius 1 is 0.447 bits per heavy atom. The van der Waals surface area contributed by atoms with Crippen LogP contribution in [-0.4, -0.2) is 0 Å². The largest absolute Gasteiger partial charge is 0.142 e. The zero-order valence-corrected chi connectivity index (χ0v) is 28.2. The Morgan fingerprint density at radius 3 is 0.921 bits per heavy atom. The summed E-state index contributed by atoms with van der Waals surface area (Å²) in [5.41, 5.74) is 13.7. The molecule has 0 radical (unpaired) electrons. The average Bonchev–Trinajstić information content (AvgIpc) is 2.83. The Labute approximate surface area is 247 Å². The third-order valence-corrected chi connectivity index (χ3v) is 8.82. The van der Waals surface area contributed by atoms with E-state index in [9.17, 15) is 0 Å². The van der Waals surface area contributed by atoms with Crippen LogP contribution in [0, 0.1) is 0 Å². The van der Waals surface area contributed by atoms with Crippen LogP contribution in [0.3, 0.4) is 0 Å². The van der Waals surface area contributed by atoms with Gasteiger partial charge in [-0.2, -0.15) is 0 Å². The van der Waals surface area contributed by atoms with Crippen LogP contribution in [-0.2, 0) is 0 Å². The van der Waals surface area contributed by atoms with Gasteiger partial charge >= 0.3 is 0 Å². The van der Waals surface area contributed by atoms with Crippen LogP contribution in [0.15, 0.2) is 45.8 Å². The molecular weight excluding hydrogens is 544 g/mol.